The van der Waals surface area contributed by atoms with Crippen molar-refractivity contribution in [2.75, 3.05) is 24.4 Å². The van der Waals surface area contributed by atoms with Crippen molar-refractivity contribution >= 4 is 19.9 Å². The van der Waals surface area contributed by atoms with Crippen LogP contribution in [0.3, 0.4) is 0 Å². The molecule has 0 aliphatic rings. The van der Waals surface area contributed by atoms with Crippen LogP contribution in [0.5, 0.6) is 5.75 Å². The van der Waals surface area contributed by atoms with Gasteiger partial charge in [-0.1, -0.05) is 31.6 Å². The molecule has 0 heterocycles. The summed E-state index contributed by atoms with van der Waals surface area (Å²) < 4.78 is 5.18. The fraction of sp³-hybridized carbons (Fsp3) is 0.538. The van der Waals surface area contributed by atoms with Gasteiger partial charge in [0.15, 0.2) is 0 Å². The Morgan fingerprint density at radius 3 is 1.88 bits per heavy atom. The summed E-state index contributed by atoms with van der Waals surface area (Å²) in [5.74, 6) is 4.85. The quantitative estimate of drug-likeness (QED) is 0.691. The normalized spacial score (nSPS) is 12.5. The third-order valence-corrected chi connectivity index (χ3v) is 10.6. The van der Waals surface area contributed by atoms with Crippen LogP contribution in [-0.4, -0.2) is 24.4 Å². The molecule has 0 aliphatic carbocycles. The summed E-state index contributed by atoms with van der Waals surface area (Å²) in [6.07, 6.45) is 0. The Bertz CT molecular complexity index is 296. The van der Waals surface area contributed by atoms with E-state index in [2.05, 4.69) is 43.7 Å². The number of hydrogen-bond acceptors (Lipinski definition) is 2. The highest BCUT2D eigenvalue weighted by atomic mass is 33.2. The number of methoxy groups -OCH3 is 1. The molecule has 92 valence electrons. The Hall–Kier alpha value is -0.280. The maximum Gasteiger partial charge on any atom is 0.118 e. The average molecular weight is 258 g/mol. The second-order valence-corrected chi connectivity index (χ2v) is 10.5. The molecule has 0 aromatic heterocycles. The summed E-state index contributed by atoms with van der Waals surface area (Å²) in [4.78, 5) is 1.38. The van der Waals surface area contributed by atoms with Gasteiger partial charge < -0.3 is 4.74 Å². The van der Waals surface area contributed by atoms with E-state index < -0.39 is 9.06 Å². The summed E-state index contributed by atoms with van der Waals surface area (Å²) in [5, 5.41) is 0. The predicted molar refractivity (Wildman–Crippen MR) is 78.1 cm³/mol. The van der Waals surface area contributed by atoms with Gasteiger partial charge in [-0.15, -0.1) is 0 Å². The fourth-order valence-corrected chi connectivity index (χ4v) is 6.48. The number of benzene rings is 1. The molecule has 1 nitrogen and oxygen atoms in total. The van der Waals surface area contributed by atoms with E-state index in [-0.39, 0.29) is 0 Å². The number of hydrogen-bond donors (Lipinski definition) is 0. The van der Waals surface area contributed by atoms with Gasteiger partial charge in [-0.05, 0) is 41.5 Å². The molecule has 0 spiro atoms. The van der Waals surface area contributed by atoms with E-state index in [4.69, 9.17) is 4.74 Å². The first kappa shape index (κ1) is 13.8. The van der Waals surface area contributed by atoms with E-state index in [1.54, 1.807) is 7.11 Å². The van der Waals surface area contributed by atoms with Gasteiger partial charge in [0.25, 0.3) is 0 Å². The topological polar surface area (TPSA) is 9.23 Å². The zero-order valence-electron chi connectivity index (χ0n) is 10.7. The minimum atomic E-state index is -0.507. The Morgan fingerprint density at radius 1 is 1.00 bits per heavy atom. The number of ether oxygens (including phenoxy) is 1. The lowest BCUT2D eigenvalue weighted by Crippen LogP contribution is -2.04. The van der Waals surface area contributed by atoms with Gasteiger partial charge in [0.2, 0.25) is 0 Å². The van der Waals surface area contributed by atoms with Crippen LogP contribution in [0.4, 0.5) is 0 Å². The molecule has 0 saturated carbocycles. The molecule has 16 heavy (non-hydrogen) atoms. The first-order chi connectivity index (χ1) is 7.69. The van der Waals surface area contributed by atoms with Crippen LogP contribution in [0.15, 0.2) is 29.2 Å². The molecular formula is C13H22OS2. The van der Waals surface area contributed by atoms with Crippen molar-refractivity contribution in [3.8, 4) is 5.75 Å². The maximum absolute atomic E-state index is 5.18. The average Bonchev–Trinajstić information content (AvgIpc) is 2.37. The molecular weight excluding hydrogens is 236 g/mol. The van der Waals surface area contributed by atoms with E-state index in [9.17, 15) is 0 Å². The van der Waals surface area contributed by atoms with Crippen molar-refractivity contribution in [3.63, 3.8) is 0 Å². The highest BCUT2D eigenvalue weighted by Gasteiger charge is 2.19. The van der Waals surface area contributed by atoms with E-state index in [0.717, 1.165) is 5.75 Å². The van der Waals surface area contributed by atoms with Crippen molar-refractivity contribution in [1.29, 1.82) is 0 Å². The molecule has 0 atom stereocenters. The lowest BCUT2D eigenvalue weighted by Gasteiger charge is -2.36. The van der Waals surface area contributed by atoms with Crippen LogP contribution >= 0.6 is 19.9 Å². The zero-order chi connectivity index (χ0) is 12.0. The lowest BCUT2D eigenvalue weighted by molar-refractivity contribution is 0.414. The largest absolute Gasteiger partial charge is 0.497 e. The SMILES string of the molecule is CCS(CC)(CC)Sc1ccc(OC)cc1. The van der Waals surface area contributed by atoms with Crippen LogP contribution in [-0.2, 0) is 0 Å². The Morgan fingerprint density at radius 2 is 1.50 bits per heavy atom. The summed E-state index contributed by atoms with van der Waals surface area (Å²) in [6, 6.07) is 8.44. The lowest BCUT2D eigenvalue weighted by atomic mass is 10.3. The standard InChI is InChI=1S/C13H22OS2/c1-5-16(6-2,7-3)15-13-10-8-12(14-4)9-11-13/h8-11H,5-7H2,1-4H3. The molecule has 0 unspecified atom stereocenters. The summed E-state index contributed by atoms with van der Waals surface area (Å²) in [5.41, 5.74) is 0. The highest BCUT2D eigenvalue weighted by molar-refractivity contribution is 8.94. The zero-order valence-corrected chi connectivity index (χ0v) is 12.3. The third kappa shape index (κ3) is 3.36. The summed E-state index contributed by atoms with van der Waals surface area (Å²) in [6.45, 7) is 6.95. The molecule has 0 fully saturated rings. The van der Waals surface area contributed by atoms with E-state index in [0.29, 0.717) is 0 Å². The van der Waals surface area contributed by atoms with Crippen molar-refractivity contribution in [1.82, 2.24) is 0 Å². The molecule has 0 bridgehead atoms. The van der Waals surface area contributed by atoms with Crippen LogP contribution < -0.4 is 4.74 Å². The first-order valence-corrected chi connectivity index (χ1v) is 9.27. The minimum Gasteiger partial charge on any atom is -0.497 e. The Labute approximate surface area is 105 Å². The van der Waals surface area contributed by atoms with E-state index >= 15 is 0 Å². The summed E-state index contributed by atoms with van der Waals surface area (Å²) >= 11 is 0. The first-order valence-electron chi connectivity index (χ1n) is 5.79. The van der Waals surface area contributed by atoms with Gasteiger partial charge in [0.05, 0.1) is 7.11 Å². The molecule has 0 radical (unpaired) electrons. The van der Waals surface area contributed by atoms with Crippen LogP contribution in [0.25, 0.3) is 0 Å². The van der Waals surface area contributed by atoms with Crippen LogP contribution in [0, 0.1) is 0 Å². The maximum atomic E-state index is 5.18. The van der Waals surface area contributed by atoms with Gasteiger partial charge in [0.1, 0.15) is 5.75 Å². The van der Waals surface area contributed by atoms with E-state index in [1.807, 2.05) is 12.1 Å². The second kappa shape index (κ2) is 6.45. The minimum absolute atomic E-state index is 0.507. The van der Waals surface area contributed by atoms with Crippen molar-refractivity contribution < 1.29 is 4.74 Å². The van der Waals surface area contributed by atoms with E-state index in [1.165, 1.54) is 22.2 Å². The monoisotopic (exact) mass is 258 g/mol. The molecule has 0 amide bonds. The fourth-order valence-electron chi connectivity index (χ4n) is 1.62. The van der Waals surface area contributed by atoms with Gasteiger partial charge in [0, 0.05) is 4.90 Å². The Balaban J connectivity index is 2.77. The molecule has 1 rings (SSSR count). The molecule has 0 saturated heterocycles. The van der Waals surface area contributed by atoms with Crippen molar-refractivity contribution in [2.24, 2.45) is 0 Å². The van der Waals surface area contributed by atoms with Crippen LogP contribution in [0.1, 0.15) is 20.8 Å². The number of rotatable bonds is 6. The molecule has 0 N–H and O–H groups in total. The van der Waals surface area contributed by atoms with Gasteiger partial charge in [-0.3, -0.25) is 0 Å². The second-order valence-electron chi connectivity index (χ2n) is 3.59. The highest BCUT2D eigenvalue weighted by Crippen LogP contribution is 2.62. The molecule has 0 aliphatic heterocycles. The van der Waals surface area contributed by atoms with Crippen LogP contribution in [0.2, 0.25) is 0 Å². The summed E-state index contributed by atoms with van der Waals surface area (Å²) in [7, 11) is 3.29. The van der Waals surface area contributed by atoms with Gasteiger partial charge in [-0.2, -0.15) is 9.06 Å². The van der Waals surface area contributed by atoms with Crippen molar-refractivity contribution in [2.45, 2.75) is 25.7 Å². The van der Waals surface area contributed by atoms with Crippen molar-refractivity contribution in [3.05, 3.63) is 24.3 Å². The predicted octanol–water partition coefficient (Wildman–Crippen LogP) is 4.57. The third-order valence-electron chi connectivity index (χ3n) is 2.91. The Kier molecular flexibility index (Phi) is 5.56. The van der Waals surface area contributed by atoms with Gasteiger partial charge in [-0.25, -0.2) is 0 Å². The smallest absolute Gasteiger partial charge is 0.118 e. The van der Waals surface area contributed by atoms with Gasteiger partial charge >= 0.3 is 0 Å². The molecule has 1 aromatic carbocycles. The molecule has 1 aromatic rings. The molecule has 3 heteroatoms.